The number of anilines is 1. The lowest BCUT2D eigenvalue weighted by Gasteiger charge is -2.34. The van der Waals surface area contributed by atoms with Crippen molar-refractivity contribution in [1.82, 2.24) is 15.2 Å². The van der Waals surface area contributed by atoms with Crippen LogP contribution in [-0.2, 0) is 4.79 Å². The summed E-state index contributed by atoms with van der Waals surface area (Å²) in [5.74, 6) is 0.487. The number of rotatable bonds is 9. The topological polar surface area (TPSA) is 93.4 Å². The van der Waals surface area contributed by atoms with Gasteiger partial charge in [0.2, 0.25) is 6.41 Å². The van der Waals surface area contributed by atoms with E-state index in [9.17, 15) is 9.90 Å². The summed E-state index contributed by atoms with van der Waals surface area (Å²) in [6, 6.07) is 17.5. The molecule has 1 aliphatic heterocycles. The van der Waals surface area contributed by atoms with Crippen molar-refractivity contribution >= 4 is 35.9 Å². The summed E-state index contributed by atoms with van der Waals surface area (Å²) in [5, 5.41) is 13.7. The number of allylic oxidation sites excluding steroid dienone is 1. The Hall–Kier alpha value is -4.56. The van der Waals surface area contributed by atoms with Crippen LogP contribution in [0.4, 0.5) is 11.4 Å². The Labute approximate surface area is 249 Å². The molecule has 0 spiro atoms. The Kier molecular flexibility index (Phi) is 12.2. The van der Waals surface area contributed by atoms with Crippen molar-refractivity contribution in [1.29, 1.82) is 0 Å². The molecule has 1 aromatic heterocycles. The number of aromatic hydroxyl groups is 1. The molecule has 1 amide bonds. The lowest BCUT2D eigenvalue weighted by atomic mass is 9.96. The second-order valence-electron chi connectivity index (χ2n) is 9.74. The van der Waals surface area contributed by atoms with Gasteiger partial charge in [-0.15, -0.1) is 0 Å². The predicted octanol–water partition coefficient (Wildman–Crippen LogP) is 6.39. The normalized spacial score (nSPS) is 14.6. The van der Waals surface area contributed by atoms with Crippen molar-refractivity contribution in [3.8, 4) is 16.9 Å². The molecule has 0 atom stereocenters. The number of amides is 1. The number of hydrogen-bond donors (Lipinski definition) is 2. The number of carbonyl (C=O) groups excluding carboxylic acids is 1. The fourth-order valence-electron chi connectivity index (χ4n) is 4.61. The van der Waals surface area contributed by atoms with Gasteiger partial charge in [0.1, 0.15) is 11.6 Å². The van der Waals surface area contributed by atoms with Crippen LogP contribution in [0.15, 0.2) is 88.6 Å². The SMILES string of the molecule is C=N/C=C(/C=C(\CC)c1ccc(-c2ccc(C)nc2)cc1O)C(=Nc1ccc(N2CCN(C)CC2)cc1)NC=O.CC. The molecular weight excluding hydrogens is 524 g/mol. The van der Waals surface area contributed by atoms with E-state index < -0.39 is 0 Å². The fraction of sp³-hybridized carbons (Fsp3) is 0.294. The maximum atomic E-state index is 11.5. The average molecular weight is 567 g/mol. The molecule has 0 unspecified atom stereocenters. The molecule has 2 heterocycles. The quantitative estimate of drug-likeness (QED) is 0.135. The molecular formula is C34H42N6O2. The Bertz CT molecular complexity index is 1420. The summed E-state index contributed by atoms with van der Waals surface area (Å²) < 4.78 is 0. The number of amidine groups is 1. The minimum absolute atomic E-state index is 0.151. The van der Waals surface area contributed by atoms with Crippen LogP contribution in [0.5, 0.6) is 5.75 Å². The van der Waals surface area contributed by atoms with Gasteiger partial charge < -0.3 is 20.2 Å². The minimum atomic E-state index is 0.151. The number of carbonyl (C=O) groups is 1. The summed E-state index contributed by atoms with van der Waals surface area (Å²) in [7, 11) is 2.14. The van der Waals surface area contributed by atoms with Crippen LogP contribution in [0.2, 0.25) is 0 Å². The molecule has 220 valence electrons. The minimum Gasteiger partial charge on any atom is -0.507 e. The first-order chi connectivity index (χ1) is 20.4. The number of aliphatic imine (C=N–C) groups is 2. The summed E-state index contributed by atoms with van der Waals surface area (Å²) in [4.78, 5) is 29.2. The average Bonchev–Trinajstić information content (AvgIpc) is 3.01. The number of nitrogens with one attached hydrogen (secondary N) is 1. The number of aryl methyl sites for hydroxylation is 1. The number of hydrogen-bond acceptors (Lipinski definition) is 7. The lowest BCUT2D eigenvalue weighted by Crippen LogP contribution is -2.44. The van der Waals surface area contributed by atoms with Crippen LogP contribution in [0.25, 0.3) is 16.7 Å². The Morgan fingerprint density at radius 1 is 1.05 bits per heavy atom. The molecule has 1 saturated heterocycles. The molecule has 8 heteroatoms. The van der Waals surface area contributed by atoms with Crippen LogP contribution in [-0.4, -0.2) is 67.2 Å². The maximum absolute atomic E-state index is 11.5. The van der Waals surface area contributed by atoms with Gasteiger partial charge in [-0.3, -0.25) is 14.8 Å². The fourth-order valence-corrected chi connectivity index (χ4v) is 4.61. The van der Waals surface area contributed by atoms with E-state index in [2.05, 4.69) is 38.9 Å². The second-order valence-corrected chi connectivity index (χ2v) is 9.74. The highest BCUT2D eigenvalue weighted by Crippen LogP contribution is 2.33. The molecule has 0 bridgehead atoms. The first-order valence-corrected chi connectivity index (χ1v) is 14.4. The summed E-state index contributed by atoms with van der Waals surface area (Å²) in [5.41, 5.74) is 6.68. The van der Waals surface area contributed by atoms with Crippen LogP contribution in [0.3, 0.4) is 0 Å². The molecule has 3 aromatic rings. The van der Waals surface area contributed by atoms with Gasteiger partial charge in [0.25, 0.3) is 0 Å². The van der Waals surface area contributed by atoms with Gasteiger partial charge in [-0.05, 0) is 80.7 Å². The van der Waals surface area contributed by atoms with E-state index in [1.807, 2.05) is 82.3 Å². The van der Waals surface area contributed by atoms with E-state index in [0.717, 1.165) is 54.3 Å². The van der Waals surface area contributed by atoms with Crippen molar-refractivity contribution < 1.29 is 9.90 Å². The third kappa shape index (κ3) is 8.47. The summed E-state index contributed by atoms with van der Waals surface area (Å²) >= 11 is 0. The Morgan fingerprint density at radius 3 is 2.31 bits per heavy atom. The Balaban J connectivity index is 0.00000237. The summed E-state index contributed by atoms with van der Waals surface area (Å²) in [6.07, 6.45) is 6.43. The molecule has 1 fully saturated rings. The van der Waals surface area contributed by atoms with Crippen molar-refractivity contribution in [2.75, 3.05) is 38.1 Å². The number of phenolic OH excluding ortho intramolecular Hbond substituents is 1. The van der Waals surface area contributed by atoms with Gasteiger partial charge in [-0.25, -0.2) is 4.99 Å². The molecule has 2 aromatic carbocycles. The van der Waals surface area contributed by atoms with E-state index in [4.69, 9.17) is 4.99 Å². The van der Waals surface area contributed by atoms with Gasteiger partial charge in [-0.2, -0.15) is 0 Å². The van der Waals surface area contributed by atoms with E-state index >= 15 is 0 Å². The van der Waals surface area contributed by atoms with E-state index in [1.54, 1.807) is 18.5 Å². The van der Waals surface area contributed by atoms with Crippen molar-refractivity contribution in [2.24, 2.45) is 9.98 Å². The molecule has 0 saturated carbocycles. The standard InChI is InChI=1S/C32H36N6O2.C2H6/c1-5-24(30-13-8-25(19-31(30)40)26-7-6-23(2)34-21-26)18-27(20-33-3)32(35-22-39)36-28-9-11-29(12-10-28)38-16-14-37(4)15-17-38;1-2/h6-13,18-22,40H,3,5,14-17H2,1-2,4H3,(H,35,36,39);1-2H3/b24-18+,27-20-;. The van der Waals surface area contributed by atoms with E-state index in [0.29, 0.717) is 35.5 Å². The third-order valence-electron chi connectivity index (χ3n) is 6.96. The van der Waals surface area contributed by atoms with Crippen LogP contribution >= 0.6 is 0 Å². The number of piperazine rings is 1. The van der Waals surface area contributed by atoms with Gasteiger partial charge in [0.05, 0.1) is 5.69 Å². The number of pyridine rings is 1. The highest BCUT2D eigenvalue weighted by molar-refractivity contribution is 6.08. The van der Waals surface area contributed by atoms with Crippen LogP contribution < -0.4 is 10.2 Å². The third-order valence-corrected chi connectivity index (χ3v) is 6.96. The second kappa shape index (κ2) is 16.0. The molecule has 0 aliphatic carbocycles. The molecule has 42 heavy (non-hydrogen) atoms. The van der Waals surface area contributed by atoms with Gasteiger partial charge in [0, 0.05) is 66.7 Å². The number of benzene rings is 2. The predicted molar refractivity (Wildman–Crippen MR) is 176 cm³/mol. The smallest absolute Gasteiger partial charge is 0.212 e. The van der Waals surface area contributed by atoms with Gasteiger partial charge >= 0.3 is 0 Å². The van der Waals surface area contributed by atoms with Crippen LogP contribution in [0, 0.1) is 6.92 Å². The number of phenols is 1. The zero-order valence-electron chi connectivity index (χ0n) is 25.3. The zero-order valence-corrected chi connectivity index (χ0v) is 25.3. The maximum Gasteiger partial charge on any atom is 0.212 e. The number of aromatic nitrogens is 1. The largest absolute Gasteiger partial charge is 0.507 e. The molecule has 8 nitrogen and oxygen atoms in total. The van der Waals surface area contributed by atoms with E-state index in [1.165, 1.54) is 0 Å². The number of likely N-dealkylation sites (N-methyl/N-ethyl adjacent to an activating group) is 1. The van der Waals surface area contributed by atoms with Crippen LogP contribution in [0.1, 0.15) is 38.4 Å². The lowest BCUT2D eigenvalue weighted by molar-refractivity contribution is -0.108. The Morgan fingerprint density at radius 2 is 1.74 bits per heavy atom. The molecule has 0 radical (unpaired) electrons. The zero-order chi connectivity index (χ0) is 30.5. The molecule has 4 rings (SSSR count). The summed E-state index contributed by atoms with van der Waals surface area (Å²) in [6.45, 7) is 15.6. The molecule has 2 N–H and O–H groups in total. The van der Waals surface area contributed by atoms with Crippen molar-refractivity contribution in [2.45, 2.75) is 34.1 Å². The van der Waals surface area contributed by atoms with Crippen molar-refractivity contribution in [3.05, 3.63) is 89.9 Å². The van der Waals surface area contributed by atoms with Gasteiger partial charge in [-0.1, -0.05) is 39.0 Å². The van der Waals surface area contributed by atoms with Crippen molar-refractivity contribution in [3.63, 3.8) is 0 Å². The number of nitrogens with zero attached hydrogens (tertiary/aromatic N) is 5. The van der Waals surface area contributed by atoms with Gasteiger partial charge in [0.15, 0.2) is 0 Å². The first-order valence-electron chi connectivity index (χ1n) is 14.4. The van der Waals surface area contributed by atoms with E-state index in [-0.39, 0.29) is 5.75 Å². The highest BCUT2D eigenvalue weighted by Gasteiger charge is 2.15. The molecule has 1 aliphatic rings. The first kappa shape index (κ1) is 32.0. The monoisotopic (exact) mass is 566 g/mol. The highest BCUT2D eigenvalue weighted by atomic mass is 16.3.